The smallest absolute Gasteiger partial charge is 0.475 e. The summed E-state index contributed by atoms with van der Waals surface area (Å²) in [5, 5.41) is 17.7. The predicted octanol–water partition coefficient (Wildman–Crippen LogP) is 1.34. The number of hydrogen-bond donors (Lipinski definition) is 3. The number of nitrogens with one attached hydrogen (secondary N) is 1. The second-order valence-corrected chi connectivity index (χ2v) is 5.38. The molecule has 2 unspecified atom stereocenters. The molecule has 0 amide bonds. The van der Waals surface area contributed by atoms with Crippen molar-refractivity contribution in [3.8, 4) is 0 Å². The van der Waals surface area contributed by atoms with Gasteiger partial charge in [0.2, 0.25) is 0 Å². The third-order valence-corrected chi connectivity index (χ3v) is 3.57. The summed E-state index contributed by atoms with van der Waals surface area (Å²) in [6.07, 6.45) is -7.41. The lowest BCUT2D eigenvalue weighted by molar-refractivity contribution is -0.193. The van der Waals surface area contributed by atoms with Gasteiger partial charge in [0, 0.05) is 38.8 Å². The predicted molar refractivity (Wildman–Crippen MR) is 75.6 cm³/mol. The van der Waals surface area contributed by atoms with Crippen molar-refractivity contribution in [3.63, 3.8) is 0 Å². The molecule has 2 aliphatic heterocycles. The van der Waals surface area contributed by atoms with Crippen LogP contribution in [-0.2, 0) is 14.3 Å². The largest absolute Gasteiger partial charge is 0.490 e. The molecule has 7 nitrogen and oxygen atoms in total. The van der Waals surface area contributed by atoms with Crippen molar-refractivity contribution in [2.24, 2.45) is 0 Å². The van der Waals surface area contributed by atoms with Gasteiger partial charge >= 0.3 is 24.3 Å². The maximum absolute atomic E-state index is 10.6. The van der Waals surface area contributed by atoms with Crippen LogP contribution >= 0.6 is 0 Å². The Labute approximate surface area is 144 Å². The second kappa shape index (κ2) is 10.5. The SMILES string of the molecule is COCCN1C2CCC1CNC2.O=C(O)C(F)(F)F.O=C(O)C(F)(F)F. The number of carboxylic acids is 2. The van der Waals surface area contributed by atoms with Crippen molar-refractivity contribution in [3.05, 3.63) is 0 Å². The Hall–Kier alpha value is -1.60. The van der Waals surface area contributed by atoms with Crippen LogP contribution < -0.4 is 5.32 Å². The van der Waals surface area contributed by atoms with Crippen LogP contribution in [0.5, 0.6) is 0 Å². The molecule has 0 aromatic carbocycles. The van der Waals surface area contributed by atoms with E-state index in [0.29, 0.717) is 0 Å². The molecule has 2 rings (SSSR count). The molecular formula is C13H20F6N2O5. The number of aliphatic carboxylic acids is 2. The third-order valence-electron chi connectivity index (χ3n) is 3.57. The molecule has 0 aromatic rings. The van der Waals surface area contributed by atoms with Gasteiger partial charge in [-0.1, -0.05) is 0 Å². The summed E-state index contributed by atoms with van der Waals surface area (Å²) >= 11 is 0. The molecule has 2 bridgehead atoms. The van der Waals surface area contributed by atoms with Crippen LogP contribution in [0.2, 0.25) is 0 Å². The summed E-state index contributed by atoms with van der Waals surface area (Å²) < 4.78 is 68.6. The van der Waals surface area contributed by atoms with E-state index in [-0.39, 0.29) is 0 Å². The number of alkyl halides is 6. The maximum atomic E-state index is 10.6. The molecule has 13 heteroatoms. The number of carboxylic acid groups (broad SMARTS) is 2. The number of hydrogen-bond acceptors (Lipinski definition) is 5. The zero-order valence-electron chi connectivity index (χ0n) is 13.7. The Morgan fingerprint density at radius 2 is 1.35 bits per heavy atom. The molecule has 2 aliphatic rings. The molecule has 0 radical (unpaired) electrons. The normalized spacial score (nSPS) is 22.6. The van der Waals surface area contributed by atoms with Gasteiger partial charge in [-0.15, -0.1) is 0 Å². The van der Waals surface area contributed by atoms with E-state index in [4.69, 9.17) is 24.5 Å². The summed E-state index contributed by atoms with van der Waals surface area (Å²) in [5.74, 6) is -5.51. The molecule has 2 heterocycles. The highest BCUT2D eigenvalue weighted by Crippen LogP contribution is 2.25. The lowest BCUT2D eigenvalue weighted by Crippen LogP contribution is -2.52. The number of piperazine rings is 1. The number of ether oxygens (including phenoxy) is 1. The van der Waals surface area contributed by atoms with Gasteiger partial charge in [0.1, 0.15) is 0 Å². The average molecular weight is 398 g/mol. The van der Waals surface area contributed by atoms with E-state index in [1.54, 1.807) is 7.11 Å². The van der Waals surface area contributed by atoms with E-state index in [1.165, 1.54) is 25.9 Å². The molecule has 2 saturated heterocycles. The van der Waals surface area contributed by atoms with Gasteiger partial charge in [-0.25, -0.2) is 9.59 Å². The molecule has 0 saturated carbocycles. The van der Waals surface area contributed by atoms with Gasteiger partial charge in [0.05, 0.1) is 6.61 Å². The first kappa shape index (κ1) is 24.4. The zero-order valence-corrected chi connectivity index (χ0v) is 13.7. The molecule has 0 aliphatic carbocycles. The van der Waals surface area contributed by atoms with E-state index in [9.17, 15) is 26.3 Å². The minimum atomic E-state index is -5.08. The minimum absolute atomic E-state index is 0.791. The molecule has 3 N–H and O–H groups in total. The van der Waals surface area contributed by atoms with E-state index in [0.717, 1.165) is 25.2 Å². The van der Waals surface area contributed by atoms with Crippen LogP contribution in [0, 0.1) is 0 Å². The van der Waals surface area contributed by atoms with Crippen molar-refractivity contribution in [1.82, 2.24) is 10.2 Å². The Kier molecular flexibility index (Phi) is 9.88. The quantitative estimate of drug-likeness (QED) is 0.617. The van der Waals surface area contributed by atoms with Gasteiger partial charge in [-0.3, -0.25) is 4.90 Å². The molecule has 2 atom stereocenters. The first-order valence-corrected chi connectivity index (χ1v) is 7.36. The zero-order chi connectivity index (χ0) is 20.5. The lowest BCUT2D eigenvalue weighted by Gasteiger charge is -2.34. The summed E-state index contributed by atoms with van der Waals surface area (Å²) in [5.41, 5.74) is 0. The fraction of sp³-hybridized carbons (Fsp3) is 0.846. The highest BCUT2D eigenvalue weighted by atomic mass is 19.4. The minimum Gasteiger partial charge on any atom is -0.475 e. The molecule has 154 valence electrons. The monoisotopic (exact) mass is 398 g/mol. The fourth-order valence-corrected chi connectivity index (χ4v) is 2.43. The molecular weight excluding hydrogens is 378 g/mol. The van der Waals surface area contributed by atoms with Crippen LogP contribution in [0.4, 0.5) is 26.3 Å². The van der Waals surface area contributed by atoms with Gasteiger partial charge in [0.15, 0.2) is 0 Å². The summed E-state index contributed by atoms with van der Waals surface area (Å²) in [4.78, 5) is 20.4. The van der Waals surface area contributed by atoms with Crippen molar-refractivity contribution < 1.29 is 50.9 Å². The van der Waals surface area contributed by atoms with E-state index >= 15 is 0 Å². The topological polar surface area (TPSA) is 99.1 Å². The number of fused-ring (bicyclic) bond motifs is 2. The first-order valence-electron chi connectivity index (χ1n) is 7.36. The summed E-state index contributed by atoms with van der Waals surface area (Å²) in [6, 6.07) is 1.58. The number of methoxy groups -OCH3 is 1. The number of rotatable bonds is 3. The van der Waals surface area contributed by atoms with Crippen LogP contribution in [0.1, 0.15) is 12.8 Å². The van der Waals surface area contributed by atoms with Crippen molar-refractivity contribution in [2.45, 2.75) is 37.3 Å². The van der Waals surface area contributed by atoms with Crippen molar-refractivity contribution in [2.75, 3.05) is 33.4 Å². The summed E-state index contributed by atoms with van der Waals surface area (Å²) in [7, 11) is 1.78. The van der Waals surface area contributed by atoms with Crippen LogP contribution in [0.3, 0.4) is 0 Å². The van der Waals surface area contributed by atoms with E-state index in [2.05, 4.69) is 10.2 Å². The molecule has 0 aromatic heterocycles. The van der Waals surface area contributed by atoms with E-state index in [1.807, 2.05) is 0 Å². The molecule has 26 heavy (non-hydrogen) atoms. The third kappa shape index (κ3) is 9.20. The lowest BCUT2D eigenvalue weighted by atomic mass is 10.2. The molecule has 2 fully saturated rings. The Bertz CT molecular complexity index is 417. The number of halogens is 6. The van der Waals surface area contributed by atoms with Gasteiger partial charge in [-0.05, 0) is 12.8 Å². The van der Waals surface area contributed by atoms with Gasteiger partial charge in [-0.2, -0.15) is 26.3 Å². The Morgan fingerprint density at radius 1 is 1.00 bits per heavy atom. The van der Waals surface area contributed by atoms with Crippen LogP contribution in [0.15, 0.2) is 0 Å². The Balaban J connectivity index is 0.000000390. The maximum Gasteiger partial charge on any atom is 0.490 e. The van der Waals surface area contributed by atoms with Crippen molar-refractivity contribution in [1.29, 1.82) is 0 Å². The van der Waals surface area contributed by atoms with Crippen molar-refractivity contribution >= 4 is 11.9 Å². The number of carbonyl (C=O) groups is 2. The standard InChI is InChI=1S/C9H18N2O.2C2HF3O2/c1-12-5-4-11-8-2-3-9(11)7-10-6-8;2*3-2(4,5)1(6)7/h8-10H,2-7H2,1H3;2*(H,6,7). The van der Waals surface area contributed by atoms with Crippen LogP contribution in [-0.4, -0.2) is 84.8 Å². The summed E-state index contributed by atoms with van der Waals surface area (Å²) in [6.45, 7) is 4.36. The fourth-order valence-electron chi connectivity index (χ4n) is 2.43. The van der Waals surface area contributed by atoms with E-state index < -0.39 is 24.3 Å². The van der Waals surface area contributed by atoms with Gasteiger partial charge in [0.25, 0.3) is 0 Å². The number of nitrogens with zero attached hydrogens (tertiary/aromatic N) is 1. The average Bonchev–Trinajstić information content (AvgIpc) is 2.72. The molecule has 0 spiro atoms. The van der Waals surface area contributed by atoms with Crippen LogP contribution in [0.25, 0.3) is 0 Å². The van der Waals surface area contributed by atoms with Gasteiger partial charge < -0.3 is 20.3 Å². The highest BCUT2D eigenvalue weighted by Gasteiger charge is 2.39. The first-order chi connectivity index (χ1) is 11.8. The Morgan fingerprint density at radius 3 is 1.62 bits per heavy atom. The second-order valence-electron chi connectivity index (χ2n) is 5.38. The highest BCUT2D eigenvalue weighted by molar-refractivity contribution is 5.73.